The van der Waals surface area contributed by atoms with Gasteiger partial charge < -0.3 is 22.3 Å². The molecule has 0 aromatic carbocycles. The predicted octanol–water partition coefficient (Wildman–Crippen LogP) is -0.710. The standard InChI is InChI=1S/C7H15F3N4O/c8-7(9,10)5(15)4(11)2-1-3-14-6(12)13/h4-5,15H,1-3,11H2,(H4,12,13,14)/t4-,5-/m0/s1. The summed E-state index contributed by atoms with van der Waals surface area (Å²) in [4.78, 5) is 3.57. The Kier molecular flexibility index (Phi) is 5.37. The molecule has 0 rings (SSSR count). The van der Waals surface area contributed by atoms with E-state index in [2.05, 4.69) is 4.99 Å². The number of guanidine groups is 1. The third-order valence-electron chi connectivity index (χ3n) is 1.73. The first-order valence-corrected chi connectivity index (χ1v) is 4.31. The van der Waals surface area contributed by atoms with Gasteiger partial charge in [0.1, 0.15) is 0 Å². The summed E-state index contributed by atoms with van der Waals surface area (Å²) in [5.41, 5.74) is 15.2. The molecule has 0 heterocycles. The normalized spacial score (nSPS) is 15.8. The number of alkyl halides is 3. The second-order valence-electron chi connectivity index (χ2n) is 3.10. The Bertz CT molecular complexity index is 215. The van der Waals surface area contributed by atoms with Gasteiger partial charge in [0.15, 0.2) is 12.1 Å². The molecule has 0 radical (unpaired) electrons. The second kappa shape index (κ2) is 5.76. The lowest BCUT2D eigenvalue weighted by Crippen LogP contribution is -2.45. The molecule has 0 aliphatic rings. The zero-order valence-electron chi connectivity index (χ0n) is 8.04. The van der Waals surface area contributed by atoms with Gasteiger partial charge in [-0.2, -0.15) is 13.2 Å². The summed E-state index contributed by atoms with van der Waals surface area (Å²) < 4.78 is 35.8. The smallest absolute Gasteiger partial charge is 0.382 e. The minimum Gasteiger partial charge on any atom is -0.382 e. The molecule has 7 N–H and O–H groups in total. The molecule has 0 unspecified atom stereocenters. The van der Waals surface area contributed by atoms with Crippen molar-refractivity contribution < 1.29 is 18.3 Å². The van der Waals surface area contributed by atoms with Crippen molar-refractivity contribution in [2.75, 3.05) is 6.54 Å². The van der Waals surface area contributed by atoms with Crippen LogP contribution in [-0.4, -0.2) is 35.9 Å². The molecule has 5 nitrogen and oxygen atoms in total. The Morgan fingerprint density at radius 2 is 1.87 bits per heavy atom. The Balaban J connectivity index is 3.84. The van der Waals surface area contributed by atoms with E-state index >= 15 is 0 Å². The lowest BCUT2D eigenvalue weighted by Gasteiger charge is -2.20. The maximum absolute atomic E-state index is 11.9. The van der Waals surface area contributed by atoms with E-state index in [1.165, 1.54) is 0 Å². The van der Waals surface area contributed by atoms with Crippen LogP contribution in [0.2, 0.25) is 0 Å². The Morgan fingerprint density at radius 3 is 2.27 bits per heavy atom. The molecule has 0 aromatic heterocycles. The highest BCUT2D eigenvalue weighted by Crippen LogP contribution is 2.23. The lowest BCUT2D eigenvalue weighted by atomic mass is 10.1. The van der Waals surface area contributed by atoms with Crippen LogP contribution in [0.1, 0.15) is 12.8 Å². The molecule has 8 heteroatoms. The minimum atomic E-state index is -4.68. The Morgan fingerprint density at radius 1 is 1.33 bits per heavy atom. The lowest BCUT2D eigenvalue weighted by molar-refractivity contribution is -0.209. The number of rotatable bonds is 5. The van der Waals surface area contributed by atoms with Crippen molar-refractivity contribution in [3.63, 3.8) is 0 Å². The van der Waals surface area contributed by atoms with Crippen molar-refractivity contribution >= 4 is 5.96 Å². The summed E-state index contributed by atoms with van der Waals surface area (Å²) in [5.74, 6) is -0.125. The quantitative estimate of drug-likeness (QED) is 0.283. The summed E-state index contributed by atoms with van der Waals surface area (Å²) in [5, 5.41) is 8.73. The molecule has 0 amide bonds. The van der Waals surface area contributed by atoms with Gasteiger partial charge in [0, 0.05) is 12.6 Å². The molecular formula is C7H15F3N4O. The summed E-state index contributed by atoms with van der Waals surface area (Å²) in [6.45, 7) is 0.195. The van der Waals surface area contributed by atoms with Gasteiger partial charge >= 0.3 is 6.18 Å². The van der Waals surface area contributed by atoms with Crippen LogP contribution in [0.15, 0.2) is 4.99 Å². The number of halogens is 3. The van der Waals surface area contributed by atoms with E-state index in [0.717, 1.165) is 0 Å². The third kappa shape index (κ3) is 6.13. The van der Waals surface area contributed by atoms with Gasteiger partial charge in [-0.3, -0.25) is 4.99 Å². The van der Waals surface area contributed by atoms with Gasteiger partial charge in [-0.05, 0) is 12.8 Å². The van der Waals surface area contributed by atoms with Gasteiger partial charge in [0.2, 0.25) is 0 Å². The molecule has 2 atom stereocenters. The first-order valence-electron chi connectivity index (χ1n) is 4.31. The van der Waals surface area contributed by atoms with Crippen molar-refractivity contribution in [1.29, 1.82) is 0 Å². The van der Waals surface area contributed by atoms with E-state index in [9.17, 15) is 13.2 Å². The molecule has 90 valence electrons. The number of hydrogen-bond donors (Lipinski definition) is 4. The molecule has 0 fully saturated rings. The van der Waals surface area contributed by atoms with E-state index < -0.39 is 18.3 Å². The van der Waals surface area contributed by atoms with Gasteiger partial charge in [-0.1, -0.05) is 0 Å². The molecule has 0 spiro atoms. The van der Waals surface area contributed by atoms with Gasteiger partial charge in [0.05, 0.1) is 0 Å². The SMILES string of the molecule is NC(N)=NCCC[C@H](N)[C@H](O)C(F)(F)F. The second-order valence-corrected chi connectivity index (χ2v) is 3.10. The molecular weight excluding hydrogens is 213 g/mol. The Labute approximate surface area is 85.1 Å². The number of hydrogen-bond acceptors (Lipinski definition) is 3. The highest BCUT2D eigenvalue weighted by molar-refractivity contribution is 5.75. The van der Waals surface area contributed by atoms with Crippen LogP contribution in [0, 0.1) is 0 Å². The van der Waals surface area contributed by atoms with Crippen molar-refractivity contribution in [2.24, 2.45) is 22.2 Å². The largest absolute Gasteiger partial charge is 0.415 e. The zero-order chi connectivity index (χ0) is 12.1. The molecule has 0 saturated carbocycles. The van der Waals surface area contributed by atoms with Crippen LogP contribution in [0.4, 0.5) is 13.2 Å². The number of nitrogens with two attached hydrogens (primary N) is 3. The average molecular weight is 228 g/mol. The van der Waals surface area contributed by atoms with Gasteiger partial charge in [-0.25, -0.2) is 0 Å². The summed E-state index contributed by atoms with van der Waals surface area (Å²) in [6.07, 6.45) is -6.91. The fourth-order valence-corrected chi connectivity index (χ4v) is 0.936. The third-order valence-corrected chi connectivity index (χ3v) is 1.73. The van der Waals surface area contributed by atoms with Crippen molar-refractivity contribution in [2.45, 2.75) is 31.2 Å². The first-order chi connectivity index (χ1) is 6.75. The van der Waals surface area contributed by atoms with Crippen LogP contribution >= 0.6 is 0 Å². The molecule has 0 aromatic rings. The van der Waals surface area contributed by atoms with E-state index in [1.54, 1.807) is 0 Å². The molecule has 0 aliphatic heterocycles. The summed E-state index contributed by atoms with van der Waals surface area (Å²) in [7, 11) is 0. The maximum Gasteiger partial charge on any atom is 0.415 e. The average Bonchev–Trinajstić information content (AvgIpc) is 2.09. The number of nitrogens with zero attached hydrogens (tertiary/aromatic N) is 1. The predicted molar refractivity (Wildman–Crippen MR) is 49.9 cm³/mol. The molecule has 0 bridgehead atoms. The van der Waals surface area contributed by atoms with Crippen LogP contribution in [0.25, 0.3) is 0 Å². The van der Waals surface area contributed by atoms with Crippen LogP contribution in [-0.2, 0) is 0 Å². The van der Waals surface area contributed by atoms with Crippen LogP contribution in [0.5, 0.6) is 0 Å². The van der Waals surface area contributed by atoms with Crippen LogP contribution in [0.3, 0.4) is 0 Å². The fraction of sp³-hybridized carbons (Fsp3) is 0.857. The molecule has 0 saturated heterocycles. The zero-order valence-corrected chi connectivity index (χ0v) is 8.04. The fourth-order valence-electron chi connectivity index (χ4n) is 0.936. The highest BCUT2D eigenvalue weighted by Gasteiger charge is 2.41. The summed E-state index contributed by atoms with van der Waals surface area (Å²) >= 11 is 0. The number of aliphatic hydroxyl groups excluding tert-OH is 1. The number of aliphatic imine (C=N–C) groups is 1. The van der Waals surface area contributed by atoms with E-state index in [1.807, 2.05) is 0 Å². The van der Waals surface area contributed by atoms with Crippen molar-refractivity contribution in [1.82, 2.24) is 0 Å². The van der Waals surface area contributed by atoms with Crippen molar-refractivity contribution in [3.05, 3.63) is 0 Å². The minimum absolute atomic E-state index is 0.00252. The van der Waals surface area contributed by atoms with E-state index in [0.29, 0.717) is 0 Å². The topological polar surface area (TPSA) is 111 Å². The van der Waals surface area contributed by atoms with E-state index in [-0.39, 0.29) is 25.3 Å². The molecule has 15 heavy (non-hydrogen) atoms. The first kappa shape index (κ1) is 14.0. The van der Waals surface area contributed by atoms with Crippen molar-refractivity contribution in [3.8, 4) is 0 Å². The van der Waals surface area contributed by atoms with Gasteiger partial charge in [-0.15, -0.1) is 0 Å². The highest BCUT2D eigenvalue weighted by atomic mass is 19.4. The van der Waals surface area contributed by atoms with E-state index in [4.69, 9.17) is 22.3 Å². The maximum atomic E-state index is 11.9. The molecule has 0 aliphatic carbocycles. The summed E-state index contributed by atoms with van der Waals surface area (Å²) in [6, 6.07) is -1.35. The van der Waals surface area contributed by atoms with Gasteiger partial charge in [0.25, 0.3) is 0 Å². The number of aliphatic hydroxyl groups is 1. The Hall–Kier alpha value is -1.02. The van der Waals surface area contributed by atoms with Crippen LogP contribution < -0.4 is 17.2 Å². The monoisotopic (exact) mass is 228 g/mol.